The number of carbonyl (C=O) groups excluding carboxylic acids is 1. The van der Waals surface area contributed by atoms with E-state index >= 15 is 0 Å². The summed E-state index contributed by atoms with van der Waals surface area (Å²) in [6.45, 7) is 4.88. The molecule has 0 aromatic heterocycles. The maximum atomic E-state index is 13.2. The van der Waals surface area contributed by atoms with E-state index < -0.39 is 0 Å². The minimum absolute atomic E-state index is 0.196. The normalized spacial score (nSPS) is 30.0. The van der Waals surface area contributed by atoms with E-state index in [0.29, 0.717) is 6.04 Å². The number of amides is 1. The van der Waals surface area contributed by atoms with Gasteiger partial charge in [-0.3, -0.25) is 9.69 Å². The van der Waals surface area contributed by atoms with E-state index in [0.717, 1.165) is 43.1 Å². The van der Waals surface area contributed by atoms with Gasteiger partial charge in [0, 0.05) is 43.8 Å². The van der Waals surface area contributed by atoms with Crippen LogP contribution < -0.4 is 0 Å². The van der Waals surface area contributed by atoms with Gasteiger partial charge in [-0.2, -0.15) is 0 Å². The van der Waals surface area contributed by atoms with Crippen molar-refractivity contribution in [2.45, 2.75) is 102 Å². The predicted molar refractivity (Wildman–Crippen MR) is 136 cm³/mol. The summed E-state index contributed by atoms with van der Waals surface area (Å²) in [5.74, 6) is 1.01. The third kappa shape index (κ3) is 5.65. The van der Waals surface area contributed by atoms with Crippen molar-refractivity contribution in [2.24, 2.45) is 5.92 Å². The van der Waals surface area contributed by atoms with E-state index in [1.54, 1.807) is 0 Å². The molecule has 4 fully saturated rings. The van der Waals surface area contributed by atoms with E-state index in [4.69, 9.17) is 0 Å². The lowest BCUT2D eigenvalue weighted by atomic mass is 9.81. The van der Waals surface area contributed by atoms with Gasteiger partial charge in [-0.15, -0.1) is 0 Å². The molecule has 33 heavy (non-hydrogen) atoms. The van der Waals surface area contributed by atoms with Crippen molar-refractivity contribution in [2.75, 3.05) is 33.2 Å². The smallest absolute Gasteiger partial charge is 0.253 e. The Bertz CT molecular complexity index is 758. The molecule has 2 aliphatic carbocycles. The minimum Gasteiger partial charge on any atom is -0.337 e. The standard InChI is InChI=1S/C29H45N3O/c1-30(28-17-20-32(22-28)26-7-3-4-8-26)29(33)25-13-9-23(10-14-25)21-24-11-15-27(16-12-24)31-18-5-2-6-19-31/h9-10,13-14,24,26-28H,2-8,11-12,15-22H2,1H3/t24?,27?,28-/m0/s1. The molecule has 2 aliphatic heterocycles. The number of nitrogens with zero attached hydrogens (tertiary/aromatic N) is 3. The quantitative estimate of drug-likeness (QED) is 0.582. The van der Waals surface area contributed by atoms with Crippen LogP contribution in [0.25, 0.3) is 0 Å². The van der Waals surface area contributed by atoms with Crippen molar-refractivity contribution >= 4 is 5.91 Å². The van der Waals surface area contributed by atoms with Crippen LogP contribution in [0.1, 0.15) is 93.0 Å². The molecular formula is C29H45N3O. The van der Waals surface area contributed by atoms with Crippen LogP contribution in [-0.4, -0.2) is 72.0 Å². The number of hydrogen-bond acceptors (Lipinski definition) is 3. The maximum Gasteiger partial charge on any atom is 0.253 e. The number of likely N-dealkylation sites (N-methyl/N-ethyl adjacent to an activating group) is 1. The minimum atomic E-state index is 0.196. The van der Waals surface area contributed by atoms with Crippen molar-refractivity contribution in [3.05, 3.63) is 35.4 Å². The fourth-order valence-electron chi connectivity index (χ4n) is 7.17. The molecule has 0 radical (unpaired) electrons. The number of benzene rings is 1. The van der Waals surface area contributed by atoms with Gasteiger partial charge in [0.1, 0.15) is 0 Å². The van der Waals surface area contributed by atoms with Gasteiger partial charge < -0.3 is 9.80 Å². The molecule has 2 saturated carbocycles. The Labute approximate surface area is 201 Å². The molecule has 2 saturated heterocycles. The molecule has 1 aromatic carbocycles. The van der Waals surface area contributed by atoms with Crippen LogP contribution in [0.5, 0.6) is 0 Å². The Kier molecular flexibility index (Phi) is 7.72. The fourth-order valence-corrected chi connectivity index (χ4v) is 7.17. The van der Waals surface area contributed by atoms with Crippen LogP contribution in [-0.2, 0) is 6.42 Å². The summed E-state index contributed by atoms with van der Waals surface area (Å²) >= 11 is 0. The lowest BCUT2D eigenvalue weighted by molar-refractivity contribution is 0.0730. The van der Waals surface area contributed by atoms with Crippen molar-refractivity contribution in [1.29, 1.82) is 0 Å². The molecule has 1 aromatic rings. The Balaban J connectivity index is 1.09. The highest BCUT2D eigenvalue weighted by Gasteiger charge is 2.33. The number of likely N-dealkylation sites (tertiary alicyclic amines) is 2. The van der Waals surface area contributed by atoms with Crippen LogP contribution in [0.15, 0.2) is 24.3 Å². The Hall–Kier alpha value is -1.39. The molecule has 0 unspecified atom stereocenters. The molecule has 4 heteroatoms. The SMILES string of the molecule is CN(C(=O)c1ccc(CC2CCC(N3CCCCC3)CC2)cc1)[C@H]1CCN(C2CCCC2)C1. The number of piperidine rings is 1. The lowest BCUT2D eigenvalue weighted by Gasteiger charge is -2.39. The zero-order chi connectivity index (χ0) is 22.6. The number of hydrogen-bond donors (Lipinski definition) is 0. The van der Waals surface area contributed by atoms with Gasteiger partial charge in [0.2, 0.25) is 0 Å². The van der Waals surface area contributed by atoms with Gasteiger partial charge in [-0.25, -0.2) is 0 Å². The first-order chi connectivity index (χ1) is 16.2. The van der Waals surface area contributed by atoms with Gasteiger partial charge in [0.15, 0.2) is 0 Å². The van der Waals surface area contributed by atoms with Gasteiger partial charge in [-0.1, -0.05) is 31.4 Å². The van der Waals surface area contributed by atoms with Crippen LogP contribution >= 0.6 is 0 Å². The van der Waals surface area contributed by atoms with Crippen LogP contribution in [0, 0.1) is 5.92 Å². The average Bonchev–Trinajstić information content (AvgIpc) is 3.57. The molecule has 0 spiro atoms. The predicted octanol–water partition coefficient (Wildman–Crippen LogP) is 5.36. The maximum absolute atomic E-state index is 13.2. The van der Waals surface area contributed by atoms with Crippen LogP contribution in [0.3, 0.4) is 0 Å². The summed E-state index contributed by atoms with van der Waals surface area (Å²) < 4.78 is 0. The second kappa shape index (κ2) is 10.9. The summed E-state index contributed by atoms with van der Waals surface area (Å²) in [7, 11) is 2.01. The molecule has 5 rings (SSSR count). The summed E-state index contributed by atoms with van der Waals surface area (Å²) in [5, 5.41) is 0. The Morgan fingerprint density at radius 1 is 0.788 bits per heavy atom. The van der Waals surface area contributed by atoms with E-state index in [-0.39, 0.29) is 5.91 Å². The van der Waals surface area contributed by atoms with Crippen molar-refractivity contribution in [3.63, 3.8) is 0 Å². The molecule has 2 heterocycles. The molecule has 4 aliphatic rings. The third-order valence-electron chi connectivity index (χ3n) is 9.35. The summed E-state index contributed by atoms with van der Waals surface area (Å²) in [6.07, 6.45) is 17.5. The van der Waals surface area contributed by atoms with Crippen LogP contribution in [0.2, 0.25) is 0 Å². The first-order valence-electron chi connectivity index (χ1n) is 14.0. The van der Waals surface area contributed by atoms with Crippen molar-refractivity contribution in [3.8, 4) is 0 Å². The highest BCUT2D eigenvalue weighted by atomic mass is 16.2. The van der Waals surface area contributed by atoms with E-state index in [2.05, 4.69) is 34.1 Å². The summed E-state index contributed by atoms with van der Waals surface area (Å²) in [6, 6.07) is 10.6. The second-order valence-corrected chi connectivity index (χ2v) is 11.5. The topological polar surface area (TPSA) is 26.8 Å². The third-order valence-corrected chi connectivity index (χ3v) is 9.35. The van der Waals surface area contributed by atoms with Crippen LogP contribution in [0.4, 0.5) is 0 Å². The molecule has 1 amide bonds. The van der Waals surface area contributed by atoms with E-state index in [1.807, 2.05) is 11.9 Å². The first-order valence-corrected chi connectivity index (χ1v) is 14.0. The van der Waals surface area contributed by atoms with Crippen molar-refractivity contribution in [1.82, 2.24) is 14.7 Å². The molecule has 0 N–H and O–H groups in total. The average molecular weight is 452 g/mol. The fraction of sp³-hybridized carbons (Fsp3) is 0.759. The lowest BCUT2D eigenvalue weighted by Crippen LogP contribution is -2.41. The highest BCUT2D eigenvalue weighted by molar-refractivity contribution is 5.94. The zero-order valence-electron chi connectivity index (χ0n) is 20.9. The number of carbonyl (C=O) groups is 1. The van der Waals surface area contributed by atoms with Gasteiger partial charge in [0.05, 0.1) is 0 Å². The number of rotatable bonds is 6. The van der Waals surface area contributed by atoms with Gasteiger partial charge in [0.25, 0.3) is 5.91 Å². The molecule has 4 nitrogen and oxygen atoms in total. The van der Waals surface area contributed by atoms with E-state index in [1.165, 1.54) is 95.7 Å². The highest BCUT2D eigenvalue weighted by Crippen LogP contribution is 2.32. The Morgan fingerprint density at radius 2 is 1.45 bits per heavy atom. The molecular weight excluding hydrogens is 406 g/mol. The largest absolute Gasteiger partial charge is 0.337 e. The second-order valence-electron chi connectivity index (χ2n) is 11.5. The zero-order valence-corrected chi connectivity index (χ0v) is 20.9. The Morgan fingerprint density at radius 3 is 2.15 bits per heavy atom. The first kappa shape index (κ1) is 23.4. The molecule has 1 atom stereocenters. The summed E-state index contributed by atoms with van der Waals surface area (Å²) in [4.78, 5) is 20.6. The van der Waals surface area contributed by atoms with Gasteiger partial charge in [-0.05, 0) is 101 Å². The van der Waals surface area contributed by atoms with Gasteiger partial charge >= 0.3 is 0 Å². The molecule has 182 valence electrons. The summed E-state index contributed by atoms with van der Waals surface area (Å²) in [5.41, 5.74) is 2.26. The monoisotopic (exact) mass is 451 g/mol. The van der Waals surface area contributed by atoms with E-state index in [9.17, 15) is 4.79 Å². The van der Waals surface area contributed by atoms with Crippen molar-refractivity contribution < 1.29 is 4.79 Å². The molecule has 0 bridgehead atoms.